The molecule has 0 aromatic heterocycles. The average Bonchev–Trinajstić information content (AvgIpc) is 3.22. The summed E-state index contributed by atoms with van der Waals surface area (Å²) in [5.41, 5.74) is 1.23. The van der Waals surface area contributed by atoms with Crippen LogP contribution in [-0.4, -0.2) is 74.5 Å². The predicted molar refractivity (Wildman–Crippen MR) is 215 cm³/mol. The highest BCUT2D eigenvalue weighted by Crippen LogP contribution is 2.26. The quantitative estimate of drug-likeness (QED) is 0.0254. The van der Waals surface area contributed by atoms with Crippen molar-refractivity contribution in [2.24, 2.45) is 0 Å². The van der Waals surface area contributed by atoms with Gasteiger partial charge in [-0.25, -0.2) is 19.2 Å². The molecule has 2 atom stereocenters. The Bertz CT molecular complexity index is 1870. The van der Waals surface area contributed by atoms with E-state index in [1.54, 1.807) is 81.4 Å². The number of hydrogen-bond donors (Lipinski definition) is 0. The van der Waals surface area contributed by atoms with Gasteiger partial charge in [-0.2, -0.15) is 0 Å². The van der Waals surface area contributed by atoms with Crippen LogP contribution in [0.3, 0.4) is 0 Å². The van der Waals surface area contributed by atoms with Gasteiger partial charge in [0.05, 0.1) is 24.3 Å². The summed E-state index contributed by atoms with van der Waals surface area (Å²) >= 11 is 0. The Labute approximate surface area is 344 Å². The summed E-state index contributed by atoms with van der Waals surface area (Å²) in [4.78, 5) is 71.8. The number of carbonyl (C=O) groups excluding carboxylic acids is 6. The maximum absolute atomic E-state index is 12.8. The normalized spacial score (nSPS) is 11.5. The van der Waals surface area contributed by atoms with E-state index in [2.05, 4.69) is 13.2 Å². The van der Waals surface area contributed by atoms with E-state index < -0.39 is 36.1 Å². The highest BCUT2D eigenvalue weighted by molar-refractivity contribution is 5.92. The summed E-state index contributed by atoms with van der Waals surface area (Å²) < 4.78 is 42.8. The van der Waals surface area contributed by atoms with Gasteiger partial charge in [-0.3, -0.25) is 9.59 Å². The fourth-order valence-electron chi connectivity index (χ4n) is 5.13. The molecule has 0 aliphatic heterocycles. The first kappa shape index (κ1) is 46.9. The molecule has 0 bridgehead atoms. The van der Waals surface area contributed by atoms with Gasteiger partial charge in [-0.15, -0.1) is 0 Å². The number of benzene rings is 3. The Morgan fingerprint density at radius 1 is 0.559 bits per heavy atom. The summed E-state index contributed by atoms with van der Waals surface area (Å²) in [5, 5.41) is 0. The summed E-state index contributed by atoms with van der Waals surface area (Å²) in [6.07, 6.45) is 5.64. The maximum Gasteiger partial charge on any atom is 0.343 e. The number of aryl methyl sites for hydroxylation is 1. The van der Waals surface area contributed by atoms with E-state index in [1.807, 2.05) is 0 Å². The number of esters is 6. The summed E-state index contributed by atoms with van der Waals surface area (Å²) in [6.45, 7) is 12.4. The van der Waals surface area contributed by atoms with Gasteiger partial charge in [0.2, 0.25) is 0 Å². The molecule has 0 aliphatic rings. The van der Waals surface area contributed by atoms with Crippen molar-refractivity contribution in [1.82, 2.24) is 0 Å². The fraction of sp³-hybridized carbons (Fsp3) is 0.378. The lowest BCUT2D eigenvalue weighted by Crippen LogP contribution is -2.21. The lowest BCUT2D eigenvalue weighted by Gasteiger charge is -2.13. The Hall–Kier alpha value is -6.44. The number of rotatable bonds is 26. The predicted octanol–water partition coefficient (Wildman–Crippen LogP) is 7.63. The molecule has 14 heteroatoms. The van der Waals surface area contributed by atoms with Crippen molar-refractivity contribution in [2.75, 3.05) is 26.4 Å². The van der Waals surface area contributed by atoms with Gasteiger partial charge in [-0.05, 0) is 132 Å². The molecule has 3 aromatic carbocycles. The van der Waals surface area contributed by atoms with Crippen molar-refractivity contribution < 1.29 is 66.7 Å². The van der Waals surface area contributed by atoms with Crippen LogP contribution in [0.25, 0.3) is 0 Å². The van der Waals surface area contributed by atoms with E-state index >= 15 is 0 Å². The molecule has 0 fully saturated rings. The molecule has 0 heterocycles. The minimum Gasteiger partial charge on any atom is -0.494 e. The molecule has 2 unspecified atom stereocenters. The highest BCUT2D eigenvalue weighted by Gasteiger charge is 2.15. The van der Waals surface area contributed by atoms with Gasteiger partial charge in [0.1, 0.15) is 48.4 Å². The van der Waals surface area contributed by atoms with Crippen LogP contribution in [0, 0.1) is 6.92 Å². The van der Waals surface area contributed by atoms with Gasteiger partial charge in [0, 0.05) is 25.0 Å². The van der Waals surface area contributed by atoms with Crippen molar-refractivity contribution in [1.29, 1.82) is 0 Å². The van der Waals surface area contributed by atoms with E-state index in [0.29, 0.717) is 72.8 Å². The Kier molecular flexibility index (Phi) is 20.5. The minimum absolute atomic E-state index is 0.0276. The molecule has 0 spiro atoms. The third-order valence-electron chi connectivity index (χ3n) is 8.25. The molecule has 59 heavy (non-hydrogen) atoms. The molecule has 0 radical (unpaired) electrons. The molecule has 0 amide bonds. The Balaban J connectivity index is 1.31. The zero-order valence-electron chi connectivity index (χ0n) is 33.8. The largest absolute Gasteiger partial charge is 0.494 e. The standard InChI is InChI=1S/C45H52O14/c1-6-40(46)54-29-32(4)56-42(48)14-10-8-12-26-52-36-20-16-34(17-21-36)44(50)58-38-24-25-39(31(3)28-38)59-45(51)35-18-22-37(23-19-35)53-27-13-9-11-15-43(49)57-33(5)30-55-41(47)7-2/h6-7,16-25,28,32-33H,1-2,8-15,26-27,29-30H2,3-5H3. The average molecular weight is 817 g/mol. The van der Waals surface area contributed by atoms with E-state index in [-0.39, 0.29) is 43.7 Å². The highest BCUT2D eigenvalue weighted by atomic mass is 16.6. The van der Waals surface area contributed by atoms with Crippen molar-refractivity contribution in [3.63, 3.8) is 0 Å². The van der Waals surface area contributed by atoms with Crippen molar-refractivity contribution in [2.45, 2.75) is 84.3 Å². The topological polar surface area (TPSA) is 176 Å². The van der Waals surface area contributed by atoms with Gasteiger partial charge in [0.25, 0.3) is 0 Å². The maximum atomic E-state index is 12.8. The van der Waals surface area contributed by atoms with E-state index in [1.165, 1.54) is 6.07 Å². The number of carbonyl (C=O) groups is 6. The molecule has 316 valence electrons. The van der Waals surface area contributed by atoms with Crippen LogP contribution in [0.2, 0.25) is 0 Å². The Morgan fingerprint density at radius 3 is 1.41 bits per heavy atom. The summed E-state index contributed by atoms with van der Waals surface area (Å²) in [7, 11) is 0. The first-order valence-electron chi connectivity index (χ1n) is 19.3. The number of ether oxygens (including phenoxy) is 8. The van der Waals surface area contributed by atoms with Gasteiger partial charge in [0.15, 0.2) is 0 Å². The van der Waals surface area contributed by atoms with E-state index in [0.717, 1.165) is 25.0 Å². The van der Waals surface area contributed by atoms with Crippen LogP contribution >= 0.6 is 0 Å². The molecule has 3 rings (SSSR count). The summed E-state index contributed by atoms with van der Waals surface area (Å²) in [6, 6.07) is 17.8. The second kappa shape index (κ2) is 25.7. The third-order valence-corrected chi connectivity index (χ3v) is 8.25. The Morgan fingerprint density at radius 2 is 0.983 bits per heavy atom. The number of hydrogen-bond acceptors (Lipinski definition) is 14. The first-order valence-corrected chi connectivity index (χ1v) is 19.3. The van der Waals surface area contributed by atoms with Crippen LogP contribution in [-0.2, 0) is 38.1 Å². The molecule has 3 aromatic rings. The SMILES string of the molecule is C=CC(=O)OCC(C)OC(=O)CCCCCOc1ccc(C(=O)Oc2ccc(OC(=O)c3ccc(OCCCCCC(=O)OC(C)COC(=O)C=C)cc3)c(C)c2)cc1. The second-order valence-corrected chi connectivity index (χ2v) is 13.3. The van der Waals surface area contributed by atoms with Crippen LogP contribution in [0.4, 0.5) is 0 Å². The van der Waals surface area contributed by atoms with Crippen LogP contribution < -0.4 is 18.9 Å². The van der Waals surface area contributed by atoms with Crippen LogP contribution in [0.15, 0.2) is 92.0 Å². The first-order chi connectivity index (χ1) is 28.4. The van der Waals surface area contributed by atoms with E-state index in [4.69, 9.17) is 37.9 Å². The molecule has 0 N–H and O–H groups in total. The molecule has 0 aliphatic carbocycles. The molecular formula is C45H52O14. The zero-order valence-corrected chi connectivity index (χ0v) is 33.8. The lowest BCUT2D eigenvalue weighted by atomic mass is 10.2. The molecule has 0 saturated carbocycles. The van der Waals surface area contributed by atoms with Gasteiger partial charge in [-0.1, -0.05) is 13.2 Å². The van der Waals surface area contributed by atoms with Crippen LogP contribution in [0.1, 0.15) is 91.5 Å². The third kappa shape index (κ3) is 18.6. The van der Waals surface area contributed by atoms with Crippen LogP contribution in [0.5, 0.6) is 23.0 Å². The monoisotopic (exact) mass is 816 g/mol. The van der Waals surface area contributed by atoms with Crippen molar-refractivity contribution in [3.8, 4) is 23.0 Å². The van der Waals surface area contributed by atoms with Crippen molar-refractivity contribution in [3.05, 3.63) is 109 Å². The van der Waals surface area contributed by atoms with E-state index in [9.17, 15) is 28.8 Å². The zero-order chi connectivity index (χ0) is 43.0. The number of unbranched alkanes of at least 4 members (excludes halogenated alkanes) is 4. The summed E-state index contributed by atoms with van der Waals surface area (Å²) in [5.74, 6) is -1.26. The molecular weight excluding hydrogens is 764 g/mol. The smallest absolute Gasteiger partial charge is 0.343 e. The molecule has 0 saturated heterocycles. The van der Waals surface area contributed by atoms with Gasteiger partial charge < -0.3 is 37.9 Å². The second-order valence-electron chi connectivity index (χ2n) is 13.3. The van der Waals surface area contributed by atoms with Crippen molar-refractivity contribution >= 4 is 35.8 Å². The lowest BCUT2D eigenvalue weighted by molar-refractivity contribution is -0.156. The fourth-order valence-corrected chi connectivity index (χ4v) is 5.13. The minimum atomic E-state index is -0.572. The van der Waals surface area contributed by atoms with Gasteiger partial charge >= 0.3 is 35.8 Å². The molecule has 14 nitrogen and oxygen atoms in total.